The highest BCUT2D eigenvalue weighted by Crippen LogP contribution is 2.11. The minimum absolute atomic E-state index is 1.10. The SMILES string of the molecule is CCC[N+](C)(CC)Cc1cnn(C)c1. The molecule has 1 heterocycles. The van der Waals surface area contributed by atoms with E-state index in [1.54, 1.807) is 0 Å². The fraction of sp³-hybridized carbons (Fsp3) is 0.727. The van der Waals surface area contributed by atoms with E-state index in [0.29, 0.717) is 0 Å². The zero-order chi connectivity index (χ0) is 10.6. The Morgan fingerprint density at radius 3 is 2.57 bits per heavy atom. The van der Waals surface area contributed by atoms with Crippen LogP contribution in [0.2, 0.25) is 0 Å². The molecule has 0 aliphatic carbocycles. The van der Waals surface area contributed by atoms with Gasteiger partial charge in [0.05, 0.1) is 26.3 Å². The average molecular weight is 196 g/mol. The van der Waals surface area contributed by atoms with Crippen LogP contribution in [0.4, 0.5) is 0 Å². The molecular weight excluding hydrogens is 174 g/mol. The molecule has 80 valence electrons. The van der Waals surface area contributed by atoms with Gasteiger partial charge in [0.25, 0.3) is 0 Å². The molecule has 0 aliphatic heterocycles. The Labute approximate surface area is 86.9 Å². The van der Waals surface area contributed by atoms with Crippen LogP contribution in [-0.2, 0) is 13.6 Å². The second-order valence-electron chi connectivity index (χ2n) is 4.34. The van der Waals surface area contributed by atoms with Crippen molar-refractivity contribution in [2.24, 2.45) is 7.05 Å². The van der Waals surface area contributed by atoms with Crippen LogP contribution >= 0.6 is 0 Å². The molecule has 0 radical (unpaired) electrons. The summed E-state index contributed by atoms with van der Waals surface area (Å²) in [5.41, 5.74) is 1.34. The Bertz CT molecular complexity index is 280. The Morgan fingerprint density at radius 1 is 1.43 bits per heavy atom. The normalized spacial score (nSPS) is 15.4. The first kappa shape index (κ1) is 11.2. The lowest BCUT2D eigenvalue weighted by molar-refractivity contribution is -0.921. The highest BCUT2D eigenvalue weighted by molar-refractivity contribution is 5.01. The summed E-state index contributed by atoms with van der Waals surface area (Å²) in [5, 5.41) is 4.20. The first-order chi connectivity index (χ1) is 6.59. The number of rotatable bonds is 5. The maximum atomic E-state index is 4.20. The smallest absolute Gasteiger partial charge is 0.107 e. The standard InChI is InChI=1S/C11H22N3/c1-5-7-14(4,6-2)10-11-8-12-13(3)9-11/h8-9H,5-7,10H2,1-4H3/q+1. The molecule has 1 atom stereocenters. The predicted octanol–water partition coefficient (Wildman–Crippen LogP) is 1.80. The number of hydrogen-bond acceptors (Lipinski definition) is 1. The summed E-state index contributed by atoms with van der Waals surface area (Å²) in [5.74, 6) is 0. The van der Waals surface area contributed by atoms with Gasteiger partial charge < -0.3 is 4.48 Å². The fourth-order valence-electron chi connectivity index (χ4n) is 1.88. The zero-order valence-electron chi connectivity index (χ0n) is 9.82. The summed E-state index contributed by atoms with van der Waals surface area (Å²) in [6, 6.07) is 0. The lowest BCUT2D eigenvalue weighted by Crippen LogP contribution is -2.43. The van der Waals surface area contributed by atoms with E-state index in [9.17, 15) is 0 Å². The zero-order valence-corrected chi connectivity index (χ0v) is 9.82. The van der Waals surface area contributed by atoms with Crippen molar-refractivity contribution in [2.45, 2.75) is 26.8 Å². The molecule has 0 spiro atoms. The van der Waals surface area contributed by atoms with E-state index in [1.807, 2.05) is 17.9 Å². The van der Waals surface area contributed by atoms with E-state index in [0.717, 1.165) is 11.0 Å². The minimum atomic E-state index is 1.10. The van der Waals surface area contributed by atoms with Crippen LogP contribution in [0.15, 0.2) is 12.4 Å². The number of aryl methyl sites for hydroxylation is 1. The van der Waals surface area contributed by atoms with Crippen molar-refractivity contribution >= 4 is 0 Å². The van der Waals surface area contributed by atoms with Gasteiger partial charge in [0.15, 0.2) is 0 Å². The maximum Gasteiger partial charge on any atom is 0.107 e. The summed E-state index contributed by atoms with van der Waals surface area (Å²) < 4.78 is 2.99. The van der Waals surface area contributed by atoms with E-state index in [4.69, 9.17) is 0 Å². The second kappa shape index (κ2) is 4.60. The molecule has 14 heavy (non-hydrogen) atoms. The van der Waals surface area contributed by atoms with Gasteiger partial charge in [-0.15, -0.1) is 0 Å². The molecule has 1 rings (SSSR count). The molecule has 0 N–H and O–H groups in total. The van der Waals surface area contributed by atoms with Crippen LogP contribution in [0.1, 0.15) is 25.8 Å². The largest absolute Gasteiger partial charge is 0.322 e. The first-order valence-electron chi connectivity index (χ1n) is 5.40. The van der Waals surface area contributed by atoms with Crippen LogP contribution < -0.4 is 0 Å². The third kappa shape index (κ3) is 2.84. The van der Waals surface area contributed by atoms with Crippen molar-refractivity contribution in [3.63, 3.8) is 0 Å². The van der Waals surface area contributed by atoms with Crippen LogP contribution in [0.25, 0.3) is 0 Å². The van der Waals surface area contributed by atoms with Gasteiger partial charge in [0.2, 0.25) is 0 Å². The quantitative estimate of drug-likeness (QED) is 0.657. The van der Waals surface area contributed by atoms with Crippen LogP contribution in [0.5, 0.6) is 0 Å². The van der Waals surface area contributed by atoms with Gasteiger partial charge in [-0.25, -0.2) is 0 Å². The number of aromatic nitrogens is 2. The van der Waals surface area contributed by atoms with Crippen molar-refractivity contribution < 1.29 is 4.48 Å². The van der Waals surface area contributed by atoms with E-state index in [1.165, 1.54) is 25.1 Å². The molecule has 1 aromatic heterocycles. The van der Waals surface area contributed by atoms with Gasteiger partial charge in [-0.3, -0.25) is 4.68 Å². The average Bonchev–Trinajstić information content (AvgIpc) is 2.51. The third-order valence-electron chi connectivity index (χ3n) is 2.85. The molecule has 0 aromatic carbocycles. The van der Waals surface area contributed by atoms with Crippen molar-refractivity contribution in [2.75, 3.05) is 20.1 Å². The van der Waals surface area contributed by atoms with E-state index in [-0.39, 0.29) is 0 Å². The maximum absolute atomic E-state index is 4.20. The van der Waals surface area contributed by atoms with Crippen LogP contribution in [0.3, 0.4) is 0 Å². The Morgan fingerprint density at radius 2 is 2.14 bits per heavy atom. The molecule has 0 saturated carbocycles. The summed E-state index contributed by atoms with van der Waals surface area (Å²) in [4.78, 5) is 0. The van der Waals surface area contributed by atoms with E-state index >= 15 is 0 Å². The highest BCUT2D eigenvalue weighted by Gasteiger charge is 2.18. The lowest BCUT2D eigenvalue weighted by atomic mass is 10.2. The highest BCUT2D eigenvalue weighted by atomic mass is 15.3. The predicted molar refractivity (Wildman–Crippen MR) is 58.8 cm³/mol. The molecule has 0 aliphatic rings. The van der Waals surface area contributed by atoms with Gasteiger partial charge in [-0.2, -0.15) is 5.10 Å². The van der Waals surface area contributed by atoms with Gasteiger partial charge in [-0.1, -0.05) is 6.92 Å². The molecule has 0 saturated heterocycles. The van der Waals surface area contributed by atoms with Gasteiger partial charge in [0.1, 0.15) is 6.54 Å². The number of nitrogens with zero attached hydrogens (tertiary/aromatic N) is 3. The molecule has 3 nitrogen and oxygen atoms in total. The minimum Gasteiger partial charge on any atom is -0.322 e. The first-order valence-corrected chi connectivity index (χ1v) is 5.40. The van der Waals surface area contributed by atoms with Crippen LogP contribution in [-0.4, -0.2) is 34.4 Å². The molecule has 1 unspecified atom stereocenters. The number of hydrogen-bond donors (Lipinski definition) is 0. The van der Waals surface area contributed by atoms with Crippen molar-refractivity contribution in [3.05, 3.63) is 18.0 Å². The second-order valence-corrected chi connectivity index (χ2v) is 4.34. The van der Waals surface area contributed by atoms with Crippen LogP contribution in [0, 0.1) is 0 Å². The summed E-state index contributed by atoms with van der Waals surface area (Å²) in [6.07, 6.45) is 5.33. The van der Waals surface area contributed by atoms with Crippen molar-refractivity contribution in [1.82, 2.24) is 9.78 Å². The molecule has 0 amide bonds. The summed E-state index contributed by atoms with van der Waals surface area (Å²) in [7, 11) is 4.29. The Hall–Kier alpha value is -0.830. The molecular formula is C11H22N3+. The van der Waals surface area contributed by atoms with Gasteiger partial charge >= 0.3 is 0 Å². The molecule has 3 heteroatoms. The summed E-state index contributed by atoms with van der Waals surface area (Å²) in [6.45, 7) is 8.02. The Kier molecular flexibility index (Phi) is 3.69. The molecule has 0 bridgehead atoms. The molecule has 0 fully saturated rings. The van der Waals surface area contributed by atoms with Gasteiger partial charge in [0, 0.05) is 18.8 Å². The van der Waals surface area contributed by atoms with Gasteiger partial charge in [-0.05, 0) is 13.3 Å². The topological polar surface area (TPSA) is 17.8 Å². The van der Waals surface area contributed by atoms with E-state index in [2.05, 4.69) is 32.2 Å². The monoisotopic (exact) mass is 196 g/mol. The van der Waals surface area contributed by atoms with E-state index < -0.39 is 0 Å². The number of quaternary nitrogens is 1. The lowest BCUT2D eigenvalue weighted by Gasteiger charge is -2.32. The van der Waals surface area contributed by atoms with Crippen molar-refractivity contribution in [3.8, 4) is 0 Å². The summed E-state index contributed by atoms with van der Waals surface area (Å²) >= 11 is 0. The molecule has 1 aromatic rings. The third-order valence-corrected chi connectivity index (χ3v) is 2.85. The Balaban J connectivity index is 2.64. The van der Waals surface area contributed by atoms with Crippen molar-refractivity contribution in [1.29, 1.82) is 0 Å². The fourth-order valence-corrected chi connectivity index (χ4v) is 1.88.